The number of halogens is 2. The van der Waals surface area contributed by atoms with E-state index < -0.39 is 35.3 Å². The quantitative estimate of drug-likeness (QED) is 0.250. The summed E-state index contributed by atoms with van der Waals surface area (Å²) in [7, 11) is 0. The smallest absolute Gasteiger partial charge is 0.410 e. The van der Waals surface area contributed by atoms with E-state index >= 15 is 4.39 Å². The third-order valence-electron chi connectivity index (χ3n) is 7.50. The van der Waals surface area contributed by atoms with Gasteiger partial charge >= 0.3 is 6.09 Å². The number of carbonyl (C=O) groups excluding carboxylic acids is 2. The maximum atomic E-state index is 15.9. The topological polar surface area (TPSA) is 106 Å². The summed E-state index contributed by atoms with van der Waals surface area (Å²) in [5.41, 5.74) is 1.00. The minimum atomic E-state index is -0.778. The van der Waals surface area contributed by atoms with Crippen LogP contribution in [0, 0.1) is 18.6 Å². The average Bonchev–Trinajstić information content (AvgIpc) is 3.40. The van der Waals surface area contributed by atoms with Gasteiger partial charge in [-0.15, -0.1) is 5.10 Å². The van der Waals surface area contributed by atoms with Crippen molar-refractivity contribution in [1.82, 2.24) is 29.9 Å². The molecule has 0 spiro atoms. The molecule has 4 heterocycles. The molecular formula is C32H31F2N7O3. The van der Waals surface area contributed by atoms with Crippen molar-refractivity contribution in [2.75, 3.05) is 18.0 Å². The van der Waals surface area contributed by atoms with Crippen LogP contribution in [0.5, 0.6) is 0 Å². The van der Waals surface area contributed by atoms with Gasteiger partial charge in [0.25, 0.3) is 5.91 Å². The largest absolute Gasteiger partial charge is 0.444 e. The predicted octanol–water partition coefficient (Wildman–Crippen LogP) is 6.00. The third-order valence-corrected chi connectivity index (χ3v) is 7.50. The van der Waals surface area contributed by atoms with E-state index in [9.17, 15) is 14.0 Å². The number of aryl methyl sites for hydroxylation is 1. The third kappa shape index (κ3) is 5.54. The second-order valence-electron chi connectivity index (χ2n) is 11.9. The van der Waals surface area contributed by atoms with Crippen molar-refractivity contribution < 1.29 is 23.1 Å². The molecule has 12 heteroatoms. The van der Waals surface area contributed by atoms with Gasteiger partial charge in [0.15, 0.2) is 5.65 Å². The van der Waals surface area contributed by atoms with Crippen LogP contribution in [0.25, 0.3) is 27.6 Å². The first-order valence-corrected chi connectivity index (χ1v) is 14.3. The van der Waals surface area contributed by atoms with E-state index in [1.54, 1.807) is 63.1 Å². The van der Waals surface area contributed by atoms with Crippen LogP contribution in [0.4, 0.5) is 19.4 Å². The highest BCUT2D eigenvalue weighted by atomic mass is 19.1. The molecule has 2 amide bonds. The van der Waals surface area contributed by atoms with Gasteiger partial charge in [-0.2, -0.15) is 4.68 Å². The lowest BCUT2D eigenvalue weighted by atomic mass is 10.00. The fraction of sp³-hybridized carbons (Fsp3) is 0.312. The van der Waals surface area contributed by atoms with Crippen molar-refractivity contribution in [3.05, 3.63) is 83.7 Å². The highest BCUT2D eigenvalue weighted by Crippen LogP contribution is 2.34. The zero-order chi connectivity index (χ0) is 31.2. The molecule has 0 saturated carbocycles. The summed E-state index contributed by atoms with van der Waals surface area (Å²) in [5.74, 6) is -1.58. The molecule has 226 valence electrons. The van der Waals surface area contributed by atoms with Gasteiger partial charge in [-0.3, -0.25) is 9.69 Å². The lowest BCUT2D eigenvalue weighted by Gasteiger charge is -2.39. The second kappa shape index (κ2) is 11.3. The van der Waals surface area contributed by atoms with E-state index in [0.29, 0.717) is 52.6 Å². The molecule has 0 unspecified atom stereocenters. The first-order chi connectivity index (χ1) is 21.0. The molecule has 1 aliphatic heterocycles. The van der Waals surface area contributed by atoms with Gasteiger partial charge in [0.05, 0.1) is 17.3 Å². The molecule has 1 aliphatic rings. The van der Waals surface area contributed by atoms with E-state index in [2.05, 4.69) is 20.3 Å². The van der Waals surface area contributed by atoms with Crippen LogP contribution in [0.3, 0.4) is 0 Å². The Morgan fingerprint density at radius 2 is 1.86 bits per heavy atom. The van der Waals surface area contributed by atoms with Crippen molar-refractivity contribution in [2.45, 2.75) is 52.2 Å². The molecule has 2 aromatic carbocycles. The summed E-state index contributed by atoms with van der Waals surface area (Å²) in [5, 5.41) is 9.28. The molecule has 0 radical (unpaired) electrons. The van der Waals surface area contributed by atoms with E-state index in [1.807, 2.05) is 0 Å². The number of nitrogens with zero attached hydrogens (tertiary/aromatic N) is 7. The first kappa shape index (κ1) is 29.1. The minimum absolute atomic E-state index is 0.148. The highest BCUT2D eigenvalue weighted by molar-refractivity contribution is 6.11. The molecule has 0 bridgehead atoms. The molecule has 3 aromatic heterocycles. The summed E-state index contributed by atoms with van der Waals surface area (Å²) < 4.78 is 37.3. The normalized spacial score (nSPS) is 15.5. The Hall–Kier alpha value is -5.00. The van der Waals surface area contributed by atoms with E-state index in [-0.39, 0.29) is 17.9 Å². The number of benzene rings is 2. The first-order valence-electron chi connectivity index (χ1n) is 14.3. The zero-order valence-electron chi connectivity index (χ0n) is 24.8. The summed E-state index contributed by atoms with van der Waals surface area (Å²) in [6, 6.07) is 11.5. The van der Waals surface area contributed by atoms with Gasteiger partial charge in [-0.05, 0) is 94.0 Å². The second-order valence-corrected chi connectivity index (χ2v) is 11.9. The van der Waals surface area contributed by atoms with Crippen molar-refractivity contribution in [2.24, 2.45) is 0 Å². The molecule has 5 aromatic rings. The monoisotopic (exact) mass is 599 g/mol. The molecule has 10 nitrogen and oxygen atoms in total. The van der Waals surface area contributed by atoms with Gasteiger partial charge in [-0.25, -0.2) is 23.5 Å². The molecule has 0 N–H and O–H groups in total. The number of hydrogen-bond donors (Lipinski definition) is 0. The summed E-state index contributed by atoms with van der Waals surface area (Å²) in [4.78, 5) is 39.3. The van der Waals surface area contributed by atoms with Gasteiger partial charge < -0.3 is 9.64 Å². The number of rotatable bonds is 4. The fourth-order valence-electron chi connectivity index (χ4n) is 5.61. The number of hydrogen-bond acceptors (Lipinski definition) is 7. The Morgan fingerprint density at radius 1 is 1.05 bits per heavy atom. The SMILES string of the molecule is Cc1cc(F)cc2ccnc(N(C(=O)c3ccc(-n4nnc5cccnc54)cc3F)[C@@H]3CCCN(C(=O)OC(C)(C)C)C3)c12. The molecular weight excluding hydrogens is 568 g/mol. The Bertz CT molecular complexity index is 1900. The van der Waals surface area contributed by atoms with Crippen molar-refractivity contribution in [3.63, 3.8) is 0 Å². The Morgan fingerprint density at radius 3 is 2.64 bits per heavy atom. The number of likely N-dealkylation sites (tertiary alicyclic amines) is 1. The molecule has 1 saturated heterocycles. The maximum absolute atomic E-state index is 15.9. The van der Waals surface area contributed by atoms with E-state index in [4.69, 9.17) is 4.74 Å². The van der Waals surface area contributed by atoms with Gasteiger partial charge in [0, 0.05) is 36.9 Å². The molecule has 1 atom stereocenters. The lowest BCUT2D eigenvalue weighted by molar-refractivity contribution is 0.0196. The number of ether oxygens (including phenoxy) is 1. The lowest BCUT2D eigenvalue weighted by Crippen LogP contribution is -2.53. The summed E-state index contributed by atoms with van der Waals surface area (Å²) >= 11 is 0. The summed E-state index contributed by atoms with van der Waals surface area (Å²) in [6.07, 6.45) is 3.69. The minimum Gasteiger partial charge on any atom is -0.444 e. The van der Waals surface area contributed by atoms with E-state index in [0.717, 1.165) is 0 Å². The van der Waals surface area contributed by atoms with Crippen molar-refractivity contribution in [1.29, 1.82) is 0 Å². The van der Waals surface area contributed by atoms with Crippen LogP contribution in [0.1, 0.15) is 49.5 Å². The molecule has 6 rings (SSSR count). The number of carbonyl (C=O) groups is 2. The standard InChI is InChI=1S/C32H31F2N7O3/c1-19-15-21(33)16-20-11-13-36-29(27(19)20)40(23-7-6-14-39(18-23)31(43)44-32(2,3)4)30(42)24-10-9-22(17-25(24)34)41-28-26(37-38-41)8-5-12-35-28/h5,8-13,15-17,23H,6-7,14,18H2,1-4H3/t23-/m1/s1. The van der Waals surface area contributed by atoms with Crippen molar-refractivity contribution in [3.8, 4) is 5.69 Å². The van der Waals surface area contributed by atoms with Gasteiger partial charge in [0.2, 0.25) is 0 Å². The van der Waals surface area contributed by atoms with E-state index in [1.165, 1.54) is 40.0 Å². The van der Waals surface area contributed by atoms with Crippen LogP contribution < -0.4 is 4.90 Å². The zero-order valence-corrected chi connectivity index (χ0v) is 24.8. The number of fused-ring (bicyclic) bond motifs is 2. The molecule has 44 heavy (non-hydrogen) atoms. The predicted molar refractivity (Wildman–Crippen MR) is 161 cm³/mol. The number of piperidine rings is 1. The van der Waals surface area contributed by atoms with Gasteiger partial charge in [0.1, 0.15) is 28.6 Å². The molecule has 0 aliphatic carbocycles. The van der Waals surface area contributed by atoms with Crippen LogP contribution >= 0.6 is 0 Å². The van der Waals surface area contributed by atoms with Crippen LogP contribution in [-0.4, -0.2) is 66.6 Å². The number of pyridine rings is 2. The van der Waals surface area contributed by atoms with Crippen LogP contribution in [0.15, 0.2) is 60.9 Å². The Kier molecular flexibility index (Phi) is 7.44. The summed E-state index contributed by atoms with van der Waals surface area (Å²) in [6.45, 7) is 7.69. The van der Waals surface area contributed by atoms with Crippen LogP contribution in [-0.2, 0) is 4.74 Å². The van der Waals surface area contributed by atoms with Gasteiger partial charge in [-0.1, -0.05) is 5.21 Å². The van der Waals surface area contributed by atoms with Crippen molar-refractivity contribution >= 4 is 39.8 Å². The fourth-order valence-corrected chi connectivity index (χ4v) is 5.61. The number of amides is 2. The van der Waals surface area contributed by atoms with Crippen LogP contribution in [0.2, 0.25) is 0 Å². The number of aromatic nitrogens is 5. The maximum Gasteiger partial charge on any atom is 0.410 e. The Labute approximate surface area is 252 Å². The number of anilines is 1. The highest BCUT2D eigenvalue weighted by Gasteiger charge is 2.36. The Balaban J connectivity index is 1.43. The molecule has 1 fully saturated rings. The average molecular weight is 600 g/mol.